The molecule has 0 spiro atoms. The Morgan fingerprint density at radius 3 is 2.82 bits per heavy atom. The van der Waals surface area contributed by atoms with E-state index in [1.165, 1.54) is 11.6 Å². The van der Waals surface area contributed by atoms with Gasteiger partial charge in [-0.3, -0.25) is 0 Å². The molecule has 0 unspecified atom stereocenters. The standard InChI is InChI=1S/C14H17BrFN/c1-14(2)9-17-6-5-11(14)7-10-3-4-13(16)12(15)8-10/h3-4,7-8,17H,5-6,9H2,1-2H3/b11-7+. The van der Waals surface area contributed by atoms with Crippen molar-refractivity contribution in [3.8, 4) is 0 Å². The summed E-state index contributed by atoms with van der Waals surface area (Å²) in [7, 11) is 0. The second kappa shape index (κ2) is 4.91. The minimum Gasteiger partial charge on any atom is -0.316 e. The van der Waals surface area contributed by atoms with Crippen LogP contribution in [-0.2, 0) is 0 Å². The van der Waals surface area contributed by atoms with E-state index in [4.69, 9.17) is 0 Å². The zero-order valence-corrected chi connectivity index (χ0v) is 11.8. The van der Waals surface area contributed by atoms with Gasteiger partial charge in [0.15, 0.2) is 0 Å². The normalized spacial score (nSPS) is 21.8. The lowest BCUT2D eigenvalue weighted by atomic mass is 9.79. The summed E-state index contributed by atoms with van der Waals surface area (Å²) in [6.45, 7) is 6.51. The van der Waals surface area contributed by atoms with Gasteiger partial charge in [-0.15, -0.1) is 0 Å². The van der Waals surface area contributed by atoms with E-state index >= 15 is 0 Å². The van der Waals surface area contributed by atoms with Crippen molar-refractivity contribution in [2.45, 2.75) is 20.3 Å². The Morgan fingerprint density at radius 2 is 2.18 bits per heavy atom. The molecule has 1 aliphatic heterocycles. The number of halogens is 2. The lowest BCUT2D eigenvalue weighted by Crippen LogP contribution is -2.37. The van der Waals surface area contributed by atoms with Crippen LogP contribution in [0.3, 0.4) is 0 Å². The van der Waals surface area contributed by atoms with Gasteiger partial charge in [-0.1, -0.05) is 31.6 Å². The van der Waals surface area contributed by atoms with Crippen molar-refractivity contribution in [1.29, 1.82) is 0 Å². The smallest absolute Gasteiger partial charge is 0.137 e. The van der Waals surface area contributed by atoms with Crippen LogP contribution >= 0.6 is 15.9 Å². The topological polar surface area (TPSA) is 12.0 Å². The largest absolute Gasteiger partial charge is 0.316 e. The predicted octanol–water partition coefficient (Wildman–Crippen LogP) is 3.99. The van der Waals surface area contributed by atoms with Crippen molar-refractivity contribution in [1.82, 2.24) is 5.32 Å². The molecule has 0 radical (unpaired) electrons. The van der Waals surface area contributed by atoms with Gasteiger partial charge in [-0.2, -0.15) is 0 Å². The van der Waals surface area contributed by atoms with Gasteiger partial charge in [0.2, 0.25) is 0 Å². The molecule has 0 aromatic heterocycles. The second-order valence-electron chi connectivity index (χ2n) is 5.15. The number of nitrogens with one attached hydrogen (secondary N) is 1. The molecular formula is C14H17BrFN. The van der Waals surface area contributed by atoms with Gasteiger partial charge >= 0.3 is 0 Å². The summed E-state index contributed by atoms with van der Waals surface area (Å²) in [4.78, 5) is 0. The molecule has 1 nitrogen and oxygen atoms in total. The number of rotatable bonds is 1. The first kappa shape index (κ1) is 12.8. The summed E-state index contributed by atoms with van der Waals surface area (Å²) in [5.41, 5.74) is 2.66. The molecule has 0 amide bonds. The Labute approximate surface area is 110 Å². The first-order valence-corrected chi connectivity index (χ1v) is 6.65. The molecule has 1 aromatic rings. The molecule has 1 heterocycles. The Hall–Kier alpha value is -0.670. The fraction of sp³-hybridized carbons (Fsp3) is 0.429. The maximum absolute atomic E-state index is 13.2. The average molecular weight is 298 g/mol. The first-order chi connectivity index (χ1) is 7.99. The number of hydrogen-bond donors (Lipinski definition) is 1. The van der Waals surface area contributed by atoms with Crippen LogP contribution < -0.4 is 5.32 Å². The van der Waals surface area contributed by atoms with E-state index in [2.05, 4.69) is 41.2 Å². The SMILES string of the molecule is CC1(C)CNCC/C1=C\c1ccc(F)c(Br)c1. The third kappa shape index (κ3) is 2.96. The molecule has 1 fully saturated rings. The molecule has 1 aliphatic rings. The summed E-state index contributed by atoms with van der Waals surface area (Å²) in [5.74, 6) is -0.211. The van der Waals surface area contributed by atoms with Gasteiger partial charge in [0, 0.05) is 6.54 Å². The molecule has 1 saturated heterocycles. The zero-order chi connectivity index (χ0) is 12.5. The molecule has 3 heteroatoms. The summed E-state index contributed by atoms with van der Waals surface area (Å²) in [6, 6.07) is 5.16. The third-order valence-corrected chi connectivity index (χ3v) is 3.90. The van der Waals surface area contributed by atoms with Crippen LogP contribution in [0.2, 0.25) is 0 Å². The lowest BCUT2D eigenvalue weighted by molar-refractivity contribution is 0.360. The molecule has 92 valence electrons. The van der Waals surface area contributed by atoms with E-state index in [0.29, 0.717) is 4.47 Å². The van der Waals surface area contributed by atoms with Gasteiger partial charge in [-0.05, 0) is 52.0 Å². The molecule has 0 bridgehead atoms. The summed E-state index contributed by atoms with van der Waals surface area (Å²) >= 11 is 3.22. The van der Waals surface area contributed by atoms with Crippen LogP contribution in [-0.4, -0.2) is 13.1 Å². The Kier molecular flexibility index (Phi) is 3.69. The average Bonchev–Trinajstić information content (AvgIpc) is 2.26. The van der Waals surface area contributed by atoms with Gasteiger partial charge in [0.25, 0.3) is 0 Å². The Morgan fingerprint density at radius 1 is 1.41 bits per heavy atom. The first-order valence-electron chi connectivity index (χ1n) is 5.86. The van der Waals surface area contributed by atoms with Gasteiger partial charge in [0.05, 0.1) is 4.47 Å². The molecule has 0 saturated carbocycles. The zero-order valence-electron chi connectivity index (χ0n) is 10.2. The van der Waals surface area contributed by atoms with Crippen LogP contribution in [0.25, 0.3) is 6.08 Å². The van der Waals surface area contributed by atoms with Gasteiger partial charge in [-0.25, -0.2) is 4.39 Å². The molecule has 2 rings (SSSR count). The van der Waals surface area contributed by atoms with Crippen LogP contribution in [0.4, 0.5) is 4.39 Å². The number of piperidine rings is 1. The van der Waals surface area contributed by atoms with E-state index in [1.807, 2.05) is 12.1 Å². The van der Waals surface area contributed by atoms with Crippen LogP contribution in [0.15, 0.2) is 28.2 Å². The maximum atomic E-state index is 13.2. The molecular weight excluding hydrogens is 281 g/mol. The lowest BCUT2D eigenvalue weighted by Gasteiger charge is -2.33. The van der Waals surface area contributed by atoms with Crippen LogP contribution in [0.1, 0.15) is 25.8 Å². The van der Waals surface area contributed by atoms with Crippen LogP contribution in [0.5, 0.6) is 0 Å². The highest BCUT2D eigenvalue weighted by Gasteiger charge is 2.25. The Bertz CT molecular complexity index is 452. The van der Waals surface area contributed by atoms with E-state index in [1.54, 1.807) is 0 Å². The highest BCUT2D eigenvalue weighted by Crippen LogP contribution is 2.32. The Balaban J connectivity index is 2.31. The quantitative estimate of drug-likeness (QED) is 0.826. The van der Waals surface area contributed by atoms with Crippen molar-refractivity contribution < 1.29 is 4.39 Å². The van der Waals surface area contributed by atoms with Gasteiger partial charge < -0.3 is 5.32 Å². The van der Waals surface area contributed by atoms with E-state index in [9.17, 15) is 4.39 Å². The van der Waals surface area contributed by atoms with E-state index < -0.39 is 0 Å². The molecule has 0 atom stereocenters. The highest BCUT2D eigenvalue weighted by molar-refractivity contribution is 9.10. The predicted molar refractivity (Wildman–Crippen MR) is 73.3 cm³/mol. The fourth-order valence-corrected chi connectivity index (χ4v) is 2.54. The minimum absolute atomic E-state index is 0.180. The van der Waals surface area contributed by atoms with Crippen molar-refractivity contribution in [3.63, 3.8) is 0 Å². The van der Waals surface area contributed by atoms with Gasteiger partial charge in [0.1, 0.15) is 5.82 Å². The number of hydrogen-bond acceptors (Lipinski definition) is 1. The van der Waals surface area contributed by atoms with Crippen LogP contribution in [0, 0.1) is 11.2 Å². The van der Waals surface area contributed by atoms with Crippen molar-refractivity contribution in [2.75, 3.05) is 13.1 Å². The van der Waals surface area contributed by atoms with Crippen molar-refractivity contribution in [2.24, 2.45) is 5.41 Å². The summed E-state index contributed by atoms with van der Waals surface area (Å²) in [6.07, 6.45) is 3.24. The third-order valence-electron chi connectivity index (χ3n) is 3.29. The minimum atomic E-state index is -0.211. The highest BCUT2D eigenvalue weighted by atomic mass is 79.9. The van der Waals surface area contributed by atoms with E-state index in [0.717, 1.165) is 25.1 Å². The van der Waals surface area contributed by atoms with Crippen molar-refractivity contribution >= 4 is 22.0 Å². The van der Waals surface area contributed by atoms with Crippen molar-refractivity contribution in [3.05, 3.63) is 39.6 Å². The molecule has 1 N–H and O–H groups in total. The second-order valence-corrected chi connectivity index (χ2v) is 6.01. The maximum Gasteiger partial charge on any atom is 0.137 e. The monoisotopic (exact) mass is 297 g/mol. The van der Waals surface area contributed by atoms with E-state index in [-0.39, 0.29) is 11.2 Å². The molecule has 0 aliphatic carbocycles. The summed E-state index contributed by atoms with van der Waals surface area (Å²) < 4.78 is 13.7. The number of benzene rings is 1. The fourth-order valence-electron chi connectivity index (χ4n) is 2.15. The summed E-state index contributed by atoms with van der Waals surface area (Å²) in [5, 5.41) is 3.40. The molecule has 17 heavy (non-hydrogen) atoms. The molecule has 1 aromatic carbocycles.